The molecule has 1 aliphatic heterocycles. The van der Waals surface area contributed by atoms with Gasteiger partial charge in [-0.05, 0) is 31.2 Å². The molecule has 19 heavy (non-hydrogen) atoms. The first-order valence-electron chi connectivity index (χ1n) is 7.35. The third-order valence-corrected chi connectivity index (χ3v) is 3.96. The predicted molar refractivity (Wildman–Crippen MR) is 77.6 cm³/mol. The second-order valence-corrected chi connectivity index (χ2v) is 5.36. The minimum absolute atomic E-state index is 0.0874. The van der Waals surface area contributed by atoms with E-state index in [-0.39, 0.29) is 5.91 Å². The minimum atomic E-state index is -0.515. The highest BCUT2D eigenvalue weighted by Gasteiger charge is 2.29. The third kappa shape index (κ3) is 3.35. The van der Waals surface area contributed by atoms with Crippen molar-refractivity contribution in [2.45, 2.75) is 51.1 Å². The third-order valence-electron chi connectivity index (χ3n) is 3.96. The van der Waals surface area contributed by atoms with Crippen molar-refractivity contribution in [1.82, 2.24) is 4.90 Å². The van der Waals surface area contributed by atoms with E-state index in [1.807, 2.05) is 35.2 Å². The van der Waals surface area contributed by atoms with Crippen LogP contribution in [-0.2, 0) is 4.79 Å². The molecule has 1 amide bonds. The molecular weight excluding hydrogens is 236 g/mol. The fraction of sp³-hybridized carbons (Fsp3) is 0.562. The van der Waals surface area contributed by atoms with E-state index >= 15 is 0 Å². The zero-order chi connectivity index (χ0) is 13.7. The number of piperidine rings is 1. The van der Waals surface area contributed by atoms with Crippen molar-refractivity contribution < 1.29 is 4.79 Å². The van der Waals surface area contributed by atoms with Gasteiger partial charge in [0.15, 0.2) is 0 Å². The van der Waals surface area contributed by atoms with Crippen molar-refractivity contribution >= 4 is 5.91 Å². The van der Waals surface area contributed by atoms with E-state index in [1.54, 1.807) is 0 Å². The van der Waals surface area contributed by atoms with Crippen LogP contribution in [0, 0.1) is 0 Å². The maximum atomic E-state index is 12.6. The molecule has 0 spiro atoms. The summed E-state index contributed by atoms with van der Waals surface area (Å²) in [4.78, 5) is 14.6. The van der Waals surface area contributed by atoms with Crippen LogP contribution < -0.4 is 5.73 Å². The molecule has 104 valence electrons. The van der Waals surface area contributed by atoms with Crippen LogP contribution in [0.15, 0.2) is 30.3 Å². The first kappa shape index (κ1) is 14.1. The summed E-state index contributed by atoms with van der Waals surface area (Å²) in [7, 11) is 0. The van der Waals surface area contributed by atoms with Crippen molar-refractivity contribution in [3.05, 3.63) is 35.9 Å². The van der Waals surface area contributed by atoms with Gasteiger partial charge in [-0.15, -0.1) is 0 Å². The summed E-state index contributed by atoms with van der Waals surface area (Å²) in [5, 5.41) is 0. The van der Waals surface area contributed by atoms with Crippen LogP contribution in [0.1, 0.15) is 50.6 Å². The number of rotatable bonds is 4. The largest absolute Gasteiger partial charge is 0.338 e. The summed E-state index contributed by atoms with van der Waals surface area (Å²) in [5.74, 6) is 0.0874. The Morgan fingerprint density at radius 2 is 2.11 bits per heavy atom. The molecule has 1 saturated heterocycles. The van der Waals surface area contributed by atoms with Crippen LogP contribution in [0.25, 0.3) is 0 Å². The topological polar surface area (TPSA) is 46.3 Å². The van der Waals surface area contributed by atoms with Gasteiger partial charge in [-0.2, -0.15) is 0 Å². The molecule has 1 aromatic carbocycles. The summed E-state index contributed by atoms with van der Waals surface area (Å²) >= 11 is 0. The maximum Gasteiger partial charge on any atom is 0.244 e. The van der Waals surface area contributed by atoms with Crippen LogP contribution in [0.4, 0.5) is 0 Å². The zero-order valence-corrected chi connectivity index (χ0v) is 11.7. The molecular formula is C16H24N2O. The Hall–Kier alpha value is -1.35. The quantitative estimate of drug-likeness (QED) is 0.904. The molecule has 0 radical (unpaired) electrons. The molecule has 2 rings (SSSR count). The van der Waals surface area contributed by atoms with Crippen LogP contribution in [-0.4, -0.2) is 23.4 Å². The van der Waals surface area contributed by atoms with E-state index in [1.165, 1.54) is 6.42 Å². The lowest BCUT2D eigenvalue weighted by molar-refractivity contribution is -0.136. The first-order chi connectivity index (χ1) is 9.24. The average Bonchev–Trinajstić information content (AvgIpc) is 2.47. The maximum absolute atomic E-state index is 12.6. The smallest absolute Gasteiger partial charge is 0.244 e. The molecule has 2 N–H and O–H groups in total. The van der Waals surface area contributed by atoms with Gasteiger partial charge in [-0.25, -0.2) is 0 Å². The van der Waals surface area contributed by atoms with Gasteiger partial charge >= 0.3 is 0 Å². The van der Waals surface area contributed by atoms with Gasteiger partial charge < -0.3 is 10.6 Å². The number of benzene rings is 1. The Kier molecular flexibility index (Phi) is 4.97. The van der Waals surface area contributed by atoms with E-state index in [2.05, 4.69) is 6.92 Å². The van der Waals surface area contributed by atoms with Gasteiger partial charge in [-0.3, -0.25) is 4.79 Å². The number of hydrogen-bond acceptors (Lipinski definition) is 2. The number of amides is 1. The second-order valence-electron chi connectivity index (χ2n) is 5.36. The van der Waals surface area contributed by atoms with Crippen LogP contribution in [0.2, 0.25) is 0 Å². The van der Waals surface area contributed by atoms with Crippen molar-refractivity contribution in [3.8, 4) is 0 Å². The van der Waals surface area contributed by atoms with Gasteiger partial charge in [0, 0.05) is 12.6 Å². The van der Waals surface area contributed by atoms with E-state index in [4.69, 9.17) is 5.73 Å². The van der Waals surface area contributed by atoms with E-state index in [9.17, 15) is 4.79 Å². The number of hydrogen-bond donors (Lipinski definition) is 1. The molecule has 3 nitrogen and oxygen atoms in total. The predicted octanol–water partition coefficient (Wildman–Crippen LogP) is 2.87. The fourth-order valence-corrected chi connectivity index (χ4v) is 2.91. The second kappa shape index (κ2) is 6.71. The standard InChI is InChI=1S/C16H24N2O/c1-2-8-14-11-6-7-12-18(14)16(19)15(17)13-9-4-3-5-10-13/h3-5,9-10,14-15H,2,6-8,11-12,17H2,1H3/t14?,15-/m1/s1. The highest BCUT2D eigenvalue weighted by Crippen LogP contribution is 2.24. The summed E-state index contributed by atoms with van der Waals surface area (Å²) in [6.45, 7) is 3.04. The summed E-state index contributed by atoms with van der Waals surface area (Å²) < 4.78 is 0. The normalized spacial score (nSPS) is 21.2. The lowest BCUT2D eigenvalue weighted by atomic mass is 9.96. The Labute approximate surface area is 115 Å². The minimum Gasteiger partial charge on any atom is -0.338 e. The Morgan fingerprint density at radius 3 is 2.79 bits per heavy atom. The number of carbonyl (C=O) groups is 1. The Bertz CT molecular complexity index is 402. The Morgan fingerprint density at radius 1 is 1.37 bits per heavy atom. The molecule has 0 saturated carbocycles. The van der Waals surface area contributed by atoms with E-state index in [0.717, 1.165) is 37.8 Å². The summed E-state index contributed by atoms with van der Waals surface area (Å²) in [6.07, 6.45) is 5.67. The number of nitrogens with two attached hydrogens (primary N) is 1. The van der Waals surface area contributed by atoms with Gasteiger partial charge in [0.25, 0.3) is 0 Å². The van der Waals surface area contributed by atoms with Crippen molar-refractivity contribution in [3.63, 3.8) is 0 Å². The zero-order valence-electron chi connectivity index (χ0n) is 11.7. The molecule has 1 unspecified atom stereocenters. The molecule has 1 aliphatic rings. The van der Waals surface area contributed by atoms with Crippen molar-refractivity contribution in [1.29, 1.82) is 0 Å². The fourth-order valence-electron chi connectivity index (χ4n) is 2.91. The summed E-state index contributed by atoms with van der Waals surface area (Å²) in [5.41, 5.74) is 7.05. The molecule has 1 aromatic rings. The van der Waals surface area contributed by atoms with Crippen LogP contribution in [0.3, 0.4) is 0 Å². The molecule has 0 bridgehead atoms. The highest BCUT2D eigenvalue weighted by molar-refractivity contribution is 5.83. The molecule has 3 heteroatoms. The van der Waals surface area contributed by atoms with Crippen molar-refractivity contribution in [2.24, 2.45) is 5.73 Å². The van der Waals surface area contributed by atoms with E-state index in [0.29, 0.717) is 6.04 Å². The highest BCUT2D eigenvalue weighted by atomic mass is 16.2. The molecule has 1 heterocycles. The van der Waals surface area contributed by atoms with Gasteiger partial charge in [0.2, 0.25) is 5.91 Å². The average molecular weight is 260 g/mol. The number of nitrogens with zero attached hydrogens (tertiary/aromatic N) is 1. The lowest BCUT2D eigenvalue weighted by Crippen LogP contribution is -2.47. The molecule has 0 aliphatic carbocycles. The molecule has 0 aromatic heterocycles. The molecule has 1 fully saturated rings. The van der Waals surface area contributed by atoms with E-state index < -0.39 is 6.04 Å². The van der Waals surface area contributed by atoms with Crippen LogP contribution in [0.5, 0.6) is 0 Å². The first-order valence-corrected chi connectivity index (χ1v) is 7.35. The monoisotopic (exact) mass is 260 g/mol. The summed E-state index contributed by atoms with van der Waals surface area (Å²) in [6, 6.07) is 9.55. The van der Waals surface area contributed by atoms with Crippen molar-refractivity contribution in [2.75, 3.05) is 6.54 Å². The van der Waals surface area contributed by atoms with Gasteiger partial charge in [-0.1, -0.05) is 43.7 Å². The Balaban J connectivity index is 2.08. The number of carbonyl (C=O) groups excluding carboxylic acids is 1. The SMILES string of the molecule is CCCC1CCCCN1C(=O)[C@H](N)c1ccccc1. The van der Waals surface area contributed by atoms with Gasteiger partial charge in [0.1, 0.15) is 6.04 Å². The van der Waals surface area contributed by atoms with Crippen LogP contribution >= 0.6 is 0 Å². The lowest BCUT2D eigenvalue weighted by Gasteiger charge is -2.37. The van der Waals surface area contributed by atoms with Gasteiger partial charge in [0.05, 0.1) is 0 Å². The molecule has 2 atom stereocenters. The number of likely N-dealkylation sites (tertiary alicyclic amines) is 1.